The number of carbonyl (C=O) groups excluding carboxylic acids is 1. The molecule has 0 aliphatic carbocycles. The highest BCUT2D eigenvalue weighted by molar-refractivity contribution is 7.88. The zero-order chi connectivity index (χ0) is 14.5. The number of sulfonamides is 1. The Balaban J connectivity index is 2.56. The van der Waals surface area contributed by atoms with Gasteiger partial charge in [-0.1, -0.05) is 0 Å². The monoisotopic (exact) mass is 292 g/mol. The lowest BCUT2D eigenvalue weighted by Crippen LogP contribution is -2.49. The number of rotatable bonds is 6. The van der Waals surface area contributed by atoms with Crippen molar-refractivity contribution in [2.24, 2.45) is 0 Å². The van der Waals surface area contributed by atoms with Gasteiger partial charge in [-0.25, -0.2) is 13.1 Å². The van der Waals surface area contributed by atoms with Crippen molar-refractivity contribution in [3.8, 4) is 0 Å². The van der Waals surface area contributed by atoms with Gasteiger partial charge in [0, 0.05) is 25.6 Å². The Bertz CT molecular complexity index is 434. The average molecular weight is 292 g/mol. The van der Waals surface area contributed by atoms with E-state index in [1.54, 1.807) is 4.90 Å². The zero-order valence-electron chi connectivity index (χ0n) is 11.0. The smallest absolute Gasteiger partial charge is 0.303 e. The summed E-state index contributed by atoms with van der Waals surface area (Å²) in [5.41, 5.74) is 0. The Hall–Kier alpha value is -1.15. The maximum absolute atomic E-state index is 11.9. The van der Waals surface area contributed by atoms with Gasteiger partial charge in [0.25, 0.3) is 0 Å². The molecule has 1 amide bonds. The molecule has 1 rings (SSSR count). The van der Waals surface area contributed by atoms with Crippen LogP contribution in [0.15, 0.2) is 0 Å². The largest absolute Gasteiger partial charge is 0.481 e. The van der Waals surface area contributed by atoms with Crippen LogP contribution in [0.3, 0.4) is 0 Å². The molecule has 0 bridgehead atoms. The minimum absolute atomic E-state index is 0.0370. The van der Waals surface area contributed by atoms with Crippen molar-refractivity contribution in [2.45, 2.75) is 38.1 Å². The van der Waals surface area contributed by atoms with E-state index in [0.29, 0.717) is 6.54 Å². The van der Waals surface area contributed by atoms with E-state index >= 15 is 0 Å². The number of amides is 1. The van der Waals surface area contributed by atoms with Gasteiger partial charge in [-0.05, 0) is 19.3 Å². The van der Waals surface area contributed by atoms with Crippen LogP contribution in [0.2, 0.25) is 0 Å². The average Bonchev–Trinajstić information content (AvgIpc) is 2.33. The number of carbonyl (C=O) groups is 2. The van der Waals surface area contributed by atoms with Gasteiger partial charge in [-0.15, -0.1) is 0 Å². The number of nitrogens with zero attached hydrogens (tertiary/aromatic N) is 1. The van der Waals surface area contributed by atoms with E-state index in [-0.39, 0.29) is 31.3 Å². The van der Waals surface area contributed by atoms with Crippen molar-refractivity contribution in [3.05, 3.63) is 0 Å². The molecule has 0 radical (unpaired) electrons. The van der Waals surface area contributed by atoms with Crippen LogP contribution < -0.4 is 4.72 Å². The molecule has 1 fully saturated rings. The summed E-state index contributed by atoms with van der Waals surface area (Å²) in [6.07, 6.45) is 3.40. The summed E-state index contributed by atoms with van der Waals surface area (Å²) in [4.78, 5) is 24.0. The molecule has 8 heteroatoms. The van der Waals surface area contributed by atoms with Gasteiger partial charge in [0.15, 0.2) is 0 Å². The minimum atomic E-state index is -3.28. The van der Waals surface area contributed by atoms with Gasteiger partial charge in [0.1, 0.15) is 0 Å². The van der Waals surface area contributed by atoms with Crippen molar-refractivity contribution >= 4 is 21.9 Å². The Morgan fingerprint density at radius 1 is 1.32 bits per heavy atom. The molecule has 2 N–H and O–H groups in total. The quantitative estimate of drug-likeness (QED) is 0.704. The fourth-order valence-electron chi connectivity index (χ4n) is 2.15. The molecule has 1 atom stereocenters. The number of carboxylic acid groups (broad SMARTS) is 1. The van der Waals surface area contributed by atoms with E-state index in [4.69, 9.17) is 5.11 Å². The van der Waals surface area contributed by atoms with Gasteiger partial charge in [-0.2, -0.15) is 0 Å². The first-order valence-corrected chi connectivity index (χ1v) is 8.14. The highest BCUT2D eigenvalue weighted by atomic mass is 32.2. The predicted molar refractivity (Wildman–Crippen MR) is 69.1 cm³/mol. The molecule has 1 heterocycles. The maximum atomic E-state index is 11.9. The summed E-state index contributed by atoms with van der Waals surface area (Å²) in [6.45, 7) is 0.756. The molecule has 0 aromatic rings. The molecular formula is C11H20N2O5S. The molecule has 1 saturated heterocycles. The summed E-state index contributed by atoms with van der Waals surface area (Å²) in [6, 6.07) is -0.176. The molecule has 110 valence electrons. The normalized spacial score (nSPS) is 20.3. The van der Waals surface area contributed by atoms with Crippen molar-refractivity contribution in [1.82, 2.24) is 9.62 Å². The number of hydrogen-bond donors (Lipinski definition) is 2. The second-order valence-electron chi connectivity index (χ2n) is 4.75. The summed E-state index contributed by atoms with van der Waals surface area (Å²) in [7, 11) is -3.28. The molecule has 1 aliphatic rings. The highest BCUT2D eigenvalue weighted by Gasteiger charge is 2.27. The summed E-state index contributed by atoms with van der Waals surface area (Å²) in [5, 5.41) is 8.57. The molecule has 19 heavy (non-hydrogen) atoms. The topological polar surface area (TPSA) is 104 Å². The lowest BCUT2D eigenvalue weighted by molar-refractivity contribution is -0.142. The SMILES string of the molecule is CS(=O)(=O)NCC1CCCCN1C(=O)CCC(=O)O. The second kappa shape index (κ2) is 6.85. The Kier molecular flexibility index (Phi) is 5.74. The second-order valence-corrected chi connectivity index (χ2v) is 6.58. The zero-order valence-corrected chi connectivity index (χ0v) is 11.8. The fourth-order valence-corrected chi connectivity index (χ4v) is 2.64. The Morgan fingerprint density at radius 3 is 2.58 bits per heavy atom. The van der Waals surface area contributed by atoms with Crippen molar-refractivity contribution in [2.75, 3.05) is 19.3 Å². The summed E-state index contributed by atoms with van der Waals surface area (Å²) in [5.74, 6) is -1.22. The lowest BCUT2D eigenvalue weighted by atomic mass is 10.0. The van der Waals surface area contributed by atoms with Crippen molar-refractivity contribution in [1.29, 1.82) is 0 Å². The molecule has 1 unspecified atom stereocenters. The first-order chi connectivity index (χ1) is 8.79. The third-order valence-electron chi connectivity index (χ3n) is 3.08. The molecule has 1 aliphatic heterocycles. The van der Waals surface area contributed by atoms with E-state index in [2.05, 4.69) is 4.72 Å². The number of nitrogens with one attached hydrogen (secondary N) is 1. The number of aliphatic carboxylic acids is 1. The molecular weight excluding hydrogens is 272 g/mol. The van der Waals surface area contributed by atoms with Crippen LogP contribution in [0.5, 0.6) is 0 Å². The predicted octanol–water partition coefficient (Wildman–Crippen LogP) is -0.218. The van der Waals surface area contributed by atoms with Crippen LogP contribution in [-0.4, -0.2) is 55.7 Å². The number of carboxylic acids is 1. The molecule has 0 spiro atoms. The Morgan fingerprint density at radius 2 is 2.00 bits per heavy atom. The van der Waals surface area contributed by atoms with E-state index in [0.717, 1.165) is 25.5 Å². The first kappa shape index (κ1) is 15.9. The van der Waals surface area contributed by atoms with Crippen LogP contribution in [0.1, 0.15) is 32.1 Å². The number of piperidine rings is 1. The fraction of sp³-hybridized carbons (Fsp3) is 0.818. The third-order valence-corrected chi connectivity index (χ3v) is 3.77. The van der Waals surface area contributed by atoms with Gasteiger partial charge in [-0.3, -0.25) is 9.59 Å². The van der Waals surface area contributed by atoms with Crippen molar-refractivity contribution in [3.63, 3.8) is 0 Å². The lowest BCUT2D eigenvalue weighted by Gasteiger charge is -2.35. The van der Waals surface area contributed by atoms with Gasteiger partial charge in [0.05, 0.1) is 12.7 Å². The van der Waals surface area contributed by atoms with Crippen molar-refractivity contribution < 1.29 is 23.1 Å². The van der Waals surface area contributed by atoms with Crippen LogP contribution in [0.25, 0.3) is 0 Å². The van der Waals surface area contributed by atoms with E-state index in [1.807, 2.05) is 0 Å². The Labute approximate surface area is 113 Å². The van der Waals surface area contributed by atoms with Crippen LogP contribution in [-0.2, 0) is 19.6 Å². The molecule has 0 aromatic heterocycles. The maximum Gasteiger partial charge on any atom is 0.303 e. The number of hydrogen-bond acceptors (Lipinski definition) is 4. The van der Waals surface area contributed by atoms with Gasteiger partial charge in [0.2, 0.25) is 15.9 Å². The van der Waals surface area contributed by atoms with Crippen LogP contribution >= 0.6 is 0 Å². The first-order valence-electron chi connectivity index (χ1n) is 6.25. The highest BCUT2D eigenvalue weighted by Crippen LogP contribution is 2.18. The van der Waals surface area contributed by atoms with Gasteiger partial charge < -0.3 is 10.0 Å². The summed E-state index contributed by atoms with van der Waals surface area (Å²) < 4.78 is 24.5. The van der Waals surface area contributed by atoms with E-state index < -0.39 is 16.0 Å². The van der Waals surface area contributed by atoms with Gasteiger partial charge >= 0.3 is 5.97 Å². The number of likely N-dealkylation sites (tertiary alicyclic amines) is 1. The van der Waals surface area contributed by atoms with E-state index in [9.17, 15) is 18.0 Å². The van der Waals surface area contributed by atoms with E-state index in [1.165, 1.54) is 0 Å². The van der Waals surface area contributed by atoms with Crippen LogP contribution in [0.4, 0.5) is 0 Å². The molecule has 7 nitrogen and oxygen atoms in total. The van der Waals surface area contributed by atoms with Crippen LogP contribution in [0, 0.1) is 0 Å². The minimum Gasteiger partial charge on any atom is -0.481 e. The molecule has 0 saturated carbocycles. The standard InChI is InChI=1S/C11H20N2O5S/c1-19(17,18)12-8-9-4-2-3-7-13(9)10(14)5-6-11(15)16/h9,12H,2-8H2,1H3,(H,15,16). The third kappa shape index (κ3) is 6.02. The summed E-state index contributed by atoms with van der Waals surface area (Å²) >= 11 is 0. The molecule has 0 aromatic carbocycles.